The fourth-order valence-electron chi connectivity index (χ4n) is 2.71. The number of methoxy groups -OCH3 is 1. The number of fused-ring (bicyclic) bond motifs is 1. The van der Waals surface area contributed by atoms with E-state index in [-0.39, 0.29) is 0 Å². The predicted octanol–water partition coefficient (Wildman–Crippen LogP) is 4.16. The normalized spacial score (nSPS) is 13.2. The Kier molecular flexibility index (Phi) is 4.06. The number of esters is 1. The molecule has 110 valence electrons. The van der Waals surface area contributed by atoms with Gasteiger partial charge in [0.05, 0.1) is 12.9 Å². The van der Waals surface area contributed by atoms with Crippen LogP contribution in [0.4, 0.5) is 0 Å². The fraction of sp³-hybridized carbons (Fsp3) is 0.353. The van der Waals surface area contributed by atoms with Crippen LogP contribution in [0, 0.1) is 6.92 Å². The summed E-state index contributed by atoms with van der Waals surface area (Å²) in [6.07, 6.45) is 3.67. The van der Waals surface area contributed by atoms with Crippen molar-refractivity contribution in [2.24, 2.45) is 0 Å². The Labute approximate surface area is 128 Å². The van der Waals surface area contributed by atoms with E-state index in [1.54, 1.807) is 11.8 Å². The molecule has 1 aromatic carbocycles. The van der Waals surface area contributed by atoms with E-state index in [9.17, 15) is 4.79 Å². The summed E-state index contributed by atoms with van der Waals surface area (Å²) in [4.78, 5) is 12.8. The highest BCUT2D eigenvalue weighted by atomic mass is 32.2. The second-order valence-corrected chi connectivity index (χ2v) is 6.34. The highest BCUT2D eigenvalue weighted by molar-refractivity contribution is 7.98. The zero-order valence-corrected chi connectivity index (χ0v) is 13.1. The zero-order valence-electron chi connectivity index (χ0n) is 12.3. The van der Waals surface area contributed by atoms with Crippen LogP contribution in [0.2, 0.25) is 0 Å². The minimum Gasteiger partial charge on any atom is -0.463 e. The van der Waals surface area contributed by atoms with Crippen LogP contribution in [0.5, 0.6) is 0 Å². The van der Waals surface area contributed by atoms with Gasteiger partial charge in [-0.15, -0.1) is 11.8 Å². The lowest BCUT2D eigenvalue weighted by molar-refractivity contribution is 0.0562. The minimum atomic E-state index is -0.415. The zero-order chi connectivity index (χ0) is 14.8. The third kappa shape index (κ3) is 3.00. The molecule has 0 N–H and O–H groups in total. The van der Waals surface area contributed by atoms with Gasteiger partial charge in [0.25, 0.3) is 0 Å². The van der Waals surface area contributed by atoms with Crippen molar-refractivity contribution in [2.45, 2.75) is 36.8 Å². The van der Waals surface area contributed by atoms with Crippen molar-refractivity contribution in [3.63, 3.8) is 0 Å². The van der Waals surface area contributed by atoms with E-state index in [1.807, 2.05) is 13.0 Å². The molecule has 1 aliphatic rings. The standard InChI is InChI=1S/C17H18O3S/c1-11-8-14(20-16(11)17(18)19-2)10-21-15-7-6-12-4-3-5-13(12)9-15/h6-9H,3-5,10H2,1-2H3. The molecule has 0 fully saturated rings. The molecule has 3 rings (SSSR count). The molecular weight excluding hydrogens is 284 g/mol. The molecule has 0 amide bonds. The Morgan fingerprint density at radius 2 is 2.10 bits per heavy atom. The molecule has 0 spiro atoms. The van der Waals surface area contributed by atoms with Gasteiger partial charge in [-0.05, 0) is 55.5 Å². The summed E-state index contributed by atoms with van der Waals surface area (Å²) in [6.45, 7) is 1.86. The smallest absolute Gasteiger partial charge is 0.374 e. The van der Waals surface area contributed by atoms with Gasteiger partial charge in [0.1, 0.15) is 5.76 Å². The molecule has 1 aromatic heterocycles. The average molecular weight is 302 g/mol. The molecule has 2 aromatic rings. The first-order chi connectivity index (χ1) is 10.2. The summed E-state index contributed by atoms with van der Waals surface area (Å²) >= 11 is 1.74. The van der Waals surface area contributed by atoms with Gasteiger partial charge in [0.2, 0.25) is 5.76 Å². The molecule has 21 heavy (non-hydrogen) atoms. The summed E-state index contributed by atoms with van der Waals surface area (Å²) in [7, 11) is 1.36. The van der Waals surface area contributed by atoms with Crippen molar-refractivity contribution in [2.75, 3.05) is 7.11 Å². The first kappa shape index (κ1) is 14.3. The van der Waals surface area contributed by atoms with Crippen LogP contribution in [-0.2, 0) is 23.3 Å². The maximum Gasteiger partial charge on any atom is 0.374 e. The summed E-state index contributed by atoms with van der Waals surface area (Å²) < 4.78 is 10.3. The van der Waals surface area contributed by atoms with Crippen molar-refractivity contribution < 1.29 is 13.9 Å². The summed E-state index contributed by atoms with van der Waals surface area (Å²) in [5, 5.41) is 0. The molecule has 4 heteroatoms. The van der Waals surface area contributed by atoms with Gasteiger partial charge >= 0.3 is 5.97 Å². The van der Waals surface area contributed by atoms with Gasteiger partial charge in [-0.3, -0.25) is 0 Å². The molecular formula is C17H18O3S. The molecule has 1 heterocycles. The van der Waals surface area contributed by atoms with E-state index in [2.05, 4.69) is 18.2 Å². The lowest BCUT2D eigenvalue weighted by Gasteiger charge is -2.03. The number of thioether (sulfide) groups is 1. The van der Waals surface area contributed by atoms with E-state index in [4.69, 9.17) is 9.15 Å². The van der Waals surface area contributed by atoms with E-state index < -0.39 is 5.97 Å². The molecule has 0 bridgehead atoms. The topological polar surface area (TPSA) is 39.4 Å². The second-order valence-electron chi connectivity index (χ2n) is 5.29. The van der Waals surface area contributed by atoms with Crippen LogP contribution in [0.15, 0.2) is 33.6 Å². The number of benzene rings is 1. The molecule has 0 unspecified atom stereocenters. The molecule has 0 aliphatic heterocycles. The molecule has 3 nitrogen and oxygen atoms in total. The Morgan fingerprint density at radius 1 is 1.29 bits per heavy atom. The number of rotatable bonds is 4. The molecule has 0 saturated heterocycles. The van der Waals surface area contributed by atoms with Gasteiger partial charge in [0.15, 0.2) is 0 Å². The summed E-state index contributed by atoms with van der Waals surface area (Å²) in [6, 6.07) is 8.60. The fourth-order valence-corrected chi connectivity index (χ4v) is 3.55. The van der Waals surface area contributed by atoms with Crippen LogP contribution >= 0.6 is 11.8 Å². The van der Waals surface area contributed by atoms with E-state index >= 15 is 0 Å². The molecule has 0 atom stereocenters. The number of carbonyl (C=O) groups is 1. The van der Waals surface area contributed by atoms with Gasteiger partial charge in [-0.2, -0.15) is 0 Å². The maximum absolute atomic E-state index is 11.5. The monoisotopic (exact) mass is 302 g/mol. The largest absolute Gasteiger partial charge is 0.463 e. The van der Waals surface area contributed by atoms with Crippen molar-refractivity contribution in [1.29, 1.82) is 0 Å². The van der Waals surface area contributed by atoms with Crippen LogP contribution < -0.4 is 0 Å². The molecule has 0 radical (unpaired) electrons. The Bertz CT molecular complexity index is 673. The number of carbonyl (C=O) groups excluding carboxylic acids is 1. The minimum absolute atomic E-state index is 0.307. The number of aryl methyl sites for hydroxylation is 3. The first-order valence-electron chi connectivity index (χ1n) is 7.09. The van der Waals surface area contributed by atoms with Crippen LogP contribution in [0.25, 0.3) is 0 Å². The first-order valence-corrected chi connectivity index (χ1v) is 8.08. The van der Waals surface area contributed by atoms with E-state index in [0.29, 0.717) is 5.76 Å². The Balaban J connectivity index is 1.69. The van der Waals surface area contributed by atoms with Crippen LogP contribution in [0.1, 0.15) is 39.4 Å². The third-order valence-corrected chi connectivity index (χ3v) is 4.81. The third-order valence-electron chi connectivity index (χ3n) is 3.79. The second kappa shape index (κ2) is 5.98. The Hall–Kier alpha value is -1.68. The SMILES string of the molecule is COC(=O)c1oc(CSc2ccc3c(c2)CCC3)cc1C. The van der Waals surface area contributed by atoms with Gasteiger partial charge < -0.3 is 9.15 Å². The van der Waals surface area contributed by atoms with Crippen molar-refractivity contribution in [3.05, 3.63) is 52.5 Å². The maximum atomic E-state index is 11.5. The van der Waals surface area contributed by atoms with Crippen molar-refractivity contribution in [3.8, 4) is 0 Å². The van der Waals surface area contributed by atoms with Crippen molar-refractivity contribution in [1.82, 2.24) is 0 Å². The van der Waals surface area contributed by atoms with Gasteiger partial charge in [-0.1, -0.05) is 6.07 Å². The average Bonchev–Trinajstić information content (AvgIpc) is 3.10. The summed E-state index contributed by atoms with van der Waals surface area (Å²) in [5.74, 6) is 1.41. The lowest BCUT2D eigenvalue weighted by Crippen LogP contribution is -2.00. The lowest BCUT2D eigenvalue weighted by atomic mass is 10.1. The molecule has 1 aliphatic carbocycles. The van der Waals surface area contributed by atoms with E-state index in [1.165, 1.54) is 42.4 Å². The summed E-state index contributed by atoms with van der Waals surface area (Å²) in [5.41, 5.74) is 3.79. The van der Waals surface area contributed by atoms with Gasteiger partial charge in [0, 0.05) is 10.5 Å². The molecule has 0 saturated carbocycles. The predicted molar refractivity (Wildman–Crippen MR) is 82.8 cm³/mol. The number of furan rings is 1. The van der Waals surface area contributed by atoms with Crippen molar-refractivity contribution >= 4 is 17.7 Å². The number of hydrogen-bond donors (Lipinski definition) is 0. The number of hydrogen-bond acceptors (Lipinski definition) is 4. The number of ether oxygens (including phenoxy) is 1. The highest BCUT2D eigenvalue weighted by Gasteiger charge is 2.16. The quantitative estimate of drug-likeness (QED) is 0.628. The Morgan fingerprint density at radius 3 is 2.90 bits per heavy atom. The van der Waals surface area contributed by atoms with Crippen LogP contribution in [0.3, 0.4) is 0 Å². The van der Waals surface area contributed by atoms with Gasteiger partial charge in [-0.25, -0.2) is 4.79 Å². The van der Waals surface area contributed by atoms with Crippen LogP contribution in [-0.4, -0.2) is 13.1 Å². The highest BCUT2D eigenvalue weighted by Crippen LogP contribution is 2.30. The van der Waals surface area contributed by atoms with E-state index in [0.717, 1.165) is 17.1 Å².